The molecule has 2 aromatic rings. The van der Waals surface area contributed by atoms with Crippen molar-refractivity contribution in [2.75, 3.05) is 6.54 Å². The van der Waals surface area contributed by atoms with Gasteiger partial charge < -0.3 is 30.9 Å². The summed E-state index contributed by atoms with van der Waals surface area (Å²) in [6, 6.07) is 4.89. The summed E-state index contributed by atoms with van der Waals surface area (Å²) in [7, 11) is -1.31. The number of carbonyl (C=O) groups is 1. The molecule has 0 fully saturated rings. The van der Waals surface area contributed by atoms with Crippen LogP contribution in [0.4, 0.5) is 0 Å². The molecule has 1 aromatic carbocycles. The zero-order valence-electron chi connectivity index (χ0n) is 13.9. The van der Waals surface area contributed by atoms with E-state index in [1.54, 1.807) is 12.1 Å². The summed E-state index contributed by atoms with van der Waals surface area (Å²) in [5.41, 5.74) is 6.27. The molecular formula is C15H20BN5O5. The first kappa shape index (κ1) is 18.3. The quantitative estimate of drug-likeness (QED) is 0.289. The van der Waals surface area contributed by atoms with E-state index in [2.05, 4.69) is 15.4 Å². The number of rotatable bonds is 6. The SMILES string of the molecule is NCCc1ncn(CC(=O)N[C@H]2Cc3cccc(C(O)O)c3OB2O)n1. The molecule has 11 heteroatoms. The molecule has 6 N–H and O–H groups in total. The molecule has 1 atom stereocenters. The van der Waals surface area contributed by atoms with Crippen molar-refractivity contribution in [1.82, 2.24) is 20.1 Å². The molecule has 2 heterocycles. The number of benzene rings is 1. The van der Waals surface area contributed by atoms with Gasteiger partial charge in [-0.3, -0.25) is 4.79 Å². The Bertz CT molecular complexity index is 784. The molecule has 0 bridgehead atoms. The monoisotopic (exact) mass is 361 g/mol. The highest BCUT2D eigenvalue weighted by Gasteiger charge is 2.37. The Kier molecular flexibility index (Phi) is 5.52. The molecule has 1 aliphatic rings. The van der Waals surface area contributed by atoms with Gasteiger partial charge in [0.2, 0.25) is 5.91 Å². The van der Waals surface area contributed by atoms with Crippen LogP contribution in [-0.2, 0) is 24.2 Å². The van der Waals surface area contributed by atoms with Crippen LogP contribution < -0.4 is 15.7 Å². The van der Waals surface area contributed by atoms with Gasteiger partial charge in [0.15, 0.2) is 12.1 Å². The minimum atomic E-state index is -1.71. The van der Waals surface area contributed by atoms with Crippen molar-refractivity contribution in [3.63, 3.8) is 0 Å². The van der Waals surface area contributed by atoms with Crippen LogP contribution in [0.5, 0.6) is 5.75 Å². The van der Waals surface area contributed by atoms with Crippen molar-refractivity contribution in [2.45, 2.75) is 31.6 Å². The Morgan fingerprint density at radius 3 is 3.04 bits per heavy atom. The highest BCUT2D eigenvalue weighted by atomic mass is 16.5. The van der Waals surface area contributed by atoms with Gasteiger partial charge in [0.05, 0.1) is 5.94 Å². The largest absolute Gasteiger partial charge is 0.547 e. The van der Waals surface area contributed by atoms with E-state index in [-0.39, 0.29) is 23.8 Å². The first-order valence-electron chi connectivity index (χ1n) is 8.18. The average Bonchev–Trinajstić information content (AvgIpc) is 3.02. The Balaban J connectivity index is 1.65. The number of nitrogens with one attached hydrogen (secondary N) is 1. The van der Waals surface area contributed by atoms with Gasteiger partial charge in [0.1, 0.15) is 18.6 Å². The number of nitrogens with two attached hydrogens (primary N) is 1. The Labute approximate surface area is 149 Å². The van der Waals surface area contributed by atoms with Crippen LogP contribution in [0.2, 0.25) is 0 Å². The lowest BCUT2D eigenvalue weighted by molar-refractivity contribution is -0.122. The summed E-state index contributed by atoms with van der Waals surface area (Å²) in [5, 5.41) is 35.8. The van der Waals surface area contributed by atoms with E-state index in [0.29, 0.717) is 30.8 Å². The maximum absolute atomic E-state index is 12.2. The molecule has 1 aliphatic heterocycles. The number of aromatic nitrogens is 3. The van der Waals surface area contributed by atoms with Crippen LogP contribution in [0.25, 0.3) is 0 Å². The van der Waals surface area contributed by atoms with Crippen LogP contribution in [-0.4, -0.2) is 55.5 Å². The number of para-hydroxylation sites is 1. The van der Waals surface area contributed by atoms with Gasteiger partial charge >= 0.3 is 7.12 Å². The molecule has 0 saturated carbocycles. The second kappa shape index (κ2) is 7.83. The zero-order valence-corrected chi connectivity index (χ0v) is 13.9. The van der Waals surface area contributed by atoms with Crippen molar-refractivity contribution in [3.05, 3.63) is 41.5 Å². The van der Waals surface area contributed by atoms with Gasteiger partial charge in [-0.05, 0) is 18.5 Å². The molecule has 0 aliphatic carbocycles. The maximum atomic E-state index is 12.2. The summed E-state index contributed by atoms with van der Waals surface area (Å²) in [5.74, 6) is -0.245. The molecule has 10 nitrogen and oxygen atoms in total. The maximum Gasteiger partial charge on any atom is 0.547 e. The third-order valence-electron chi connectivity index (χ3n) is 4.03. The Hall–Kier alpha value is -2.47. The molecule has 0 unspecified atom stereocenters. The van der Waals surface area contributed by atoms with E-state index in [1.165, 1.54) is 17.1 Å². The number of hydrogen-bond donors (Lipinski definition) is 5. The van der Waals surface area contributed by atoms with Gasteiger partial charge in [-0.2, -0.15) is 5.10 Å². The van der Waals surface area contributed by atoms with Gasteiger partial charge in [0.25, 0.3) is 0 Å². The molecular weight excluding hydrogens is 341 g/mol. The number of hydrogen-bond acceptors (Lipinski definition) is 8. The summed E-state index contributed by atoms with van der Waals surface area (Å²) in [6.07, 6.45) is 0.555. The molecule has 0 spiro atoms. The second-order valence-electron chi connectivity index (χ2n) is 5.99. The second-order valence-corrected chi connectivity index (χ2v) is 5.99. The van der Waals surface area contributed by atoms with Crippen LogP contribution in [0.15, 0.2) is 24.5 Å². The first-order chi connectivity index (χ1) is 12.5. The van der Waals surface area contributed by atoms with Gasteiger partial charge in [0, 0.05) is 12.0 Å². The van der Waals surface area contributed by atoms with Crippen LogP contribution in [0.1, 0.15) is 23.2 Å². The molecule has 0 saturated heterocycles. The van der Waals surface area contributed by atoms with E-state index in [1.807, 2.05) is 0 Å². The van der Waals surface area contributed by atoms with Crippen molar-refractivity contribution < 1.29 is 24.7 Å². The molecule has 1 aromatic heterocycles. The van der Waals surface area contributed by atoms with Gasteiger partial charge in [-0.25, -0.2) is 9.67 Å². The predicted octanol–water partition coefficient (Wildman–Crippen LogP) is -2.10. The topological polar surface area (TPSA) is 156 Å². The van der Waals surface area contributed by atoms with E-state index < -0.39 is 19.3 Å². The van der Waals surface area contributed by atoms with E-state index in [0.717, 1.165) is 0 Å². The van der Waals surface area contributed by atoms with Crippen LogP contribution in [0, 0.1) is 0 Å². The van der Waals surface area contributed by atoms with Crippen molar-refractivity contribution >= 4 is 13.0 Å². The highest BCUT2D eigenvalue weighted by Crippen LogP contribution is 2.32. The minimum Gasteiger partial charge on any atom is -0.534 e. The Morgan fingerprint density at radius 1 is 1.50 bits per heavy atom. The van der Waals surface area contributed by atoms with Crippen molar-refractivity contribution in [2.24, 2.45) is 5.73 Å². The fourth-order valence-electron chi connectivity index (χ4n) is 2.83. The smallest absolute Gasteiger partial charge is 0.534 e. The fourth-order valence-corrected chi connectivity index (χ4v) is 2.83. The average molecular weight is 361 g/mol. The number of fused-ring (bicyclic) bond motifs is 1. The van der Waals surface area contributed by atoms with Gasteiger partial charge in [-0.1, -0.05) is 18.2 Å². The predicted molar refractivity (Wildman–Crippen MR) is 90.6 cm³/mol. The minimum absolute atomic E-state index is 0.0525. The summed E-state index contributed by atoms with van der Waals surface area (Å²) in [4.78, 5) is 16.3. The summed E-state index contributed by atoms with van der Waals surface area (Å²) >= 11 is 0. The lowest BCUT2D eigenvalue weighted by atomic mass is 9.72. The first-order valence-corrected chi connectivity index (χ1v) is 8.18. The van der Waals surface area contributed by atoms with Crippen LogP contribution in [0.3, 0.4) is 0 Å². The van der Waals surface area contributed by atoms with Crippen molar-refractivity contribution in [1.29, 1.82) is 0 Å². The third-order valence-corrected chi connectivity index (χ3v) is 4.03. The normalized spacial score (nSPS) is 16.3. The van der Waals surface area contributed by atoms with E-state index >= 15 is 0 Å². The number of amides is 1. The van der Waals surface area contributed by atoms with E-state index in [9.17, 15) is 20.0 Å². The highest BCUT2D eigenvalue weighted by molar-refractivity contribution is 6.46. The summed E-state index contributed by atoms with van der Waals surface area (Å²) < 4.78 is 6.79. The van der Waals surface area contributed by atoms with Crippen molar-refractivity contribution in [3.8, 4) is 5.75 Å². The van der Waals surface area contributed by atoms with E-state index in [4.69, 9.17) is 10.4 Å². The Morgan fingerprint density at radius 2 is 2.31 bits per heavy atom. The van der Waals surface area contributed by atoms with Crippen LogP contribution >= 0.6 is 0 Å². The summed E-state index contributed by atoms with van der Waals surface area (Å²) in [6.45, 7) is 0.370. The number of aliphatic hydroxyl groups excluding tert-OH is 1. The fraction of sp³-hybridized carbons (Fsp3) is 0.400. The molecule has 1 amide bonds. The lowest BCUT2D eigenvalue weighted by Crippen LogP contribution is -2.53. The third kappa shape index (κ3) is 4.02. The molecule has 26 heavy (non-hydrogen) atoms. The molecule has 3 rings (SSSR count). The number of nitrogens with zero attached hydrogens (tertiary/aromatic N) is 3. The zero-order chi connectivity index (χ0) is 18.7. The molecule has 138 valence electrons. The number of carbonyl (C=O) groups excluding carboxylic acids is 1. The number of aliphatic hydroxyl groups is 2. The van der Waals surface area contributed by atoms with Gasteiger partial charge in [-0.15, -0.1) is 0 Å². The molecule has 0 radical (unpaired) electrons. The standard InChI is InChI=1S/C15H20BN5O5/c17-5-4-12-18-8-21(20-12)7-13(22)19-11-6-9-2-1-3-10(15(23)24)14(9)26-16(11)25/h1-3,8,11,15,23-25H,4-7,17H2,(H,19,22)/t11-/m0/s1. The lowest BCUT2D eigenvalue weighted by Gasteiger charge is -2.29.